The average Bonchev–Trinajstić information content (AvgIpc) is 2.96. The Balaban J connectivity index is 2.60. The molecule has 1 rings (SSSR count). The third-order valence-electron chi connectivity index (χ3n) is 6.55. The number of hydrogen-bond donors (Lipinski definition) is 3. The van der Waals surface area contributed by atoms with Crippen LogP contribution in [0, 0.1) is 0 Å². The lowest BCUT2D eigenvalue weighted by molar-refractivity contribution is -0.140. The summed E-state index contributed by atoms with van der Waals surface area (Å²) in [6, 6.07) is 10.3. The Hall–Kier alpha value is -1.10. The van der Waals surface area contributed by atoms with E-state index in [0.29, 0.717) is 66.0 Å². The van der Waals surface area contributed by atoms with Crippen molar-refractivity contribution in [2.45, 2.75) is 89.8 Å². The summed E-state index contributed by atoms with van der Waals surface area (Å²) < 4.78 is 28.8. The molecule has 0 bridgehead atoms. The van der Waals surface area contributed by atoms with Crippen LogP contribution in [0.15, 0.2) is 30.3 Å². The molecule has 8 nitrogen and oxygen atoms in total. The minimum absolute atomic E-state index is 0.00938. The van der Waals surface area contributed by atoms with Gasteiger partial charge in [-0.15, -0.1) is 0 Å². The average molecular weight is 556 g/mol. The van der Waals surface area contributed by atoms with E-state index in [1.807, 2.05) is 18.2 Å². The molecule has 0 radical (unpaired) electrons. The molecular weight excluding hydrogens is 498 g/mol. The summed E-state index contributed by atoms with van der Waals surface area (Å²) in [6.45, 7) is 6.68. The van der Waals surface area contributed by atoms with Gasteiger partial charge < -0.3 is 33.9 Å². The first-order valence-corrected chi connectivity index (χ1v) is 15.2. The van der Waals surface area contributed by atoms with E-state index in [9.17, 15) is 0 Å². The number of unbranched alkanes of at least 4 members (excludes halogenated alkanes) is 9. The molecular formula is C31H57NO7. The maximum Gasteiger partial charge on any atom is 0.143 e. The molecule has 1 aromatic rings. The van der Waals surface area contributed by atoms with Gasteiger partial charge in [-0.1, -0.05) is 95.0 Å². The highest BCUT2D eigenvalue weighted by molar-refractivity contribution is 5.14. The van der Waals surface area contributed by atoms with Gasteiger partial charge in [-0.05, 0) is 18.4 Å². The number of aliphatic hydroxyl groups is 2. The van der Waals surface area contributed by atoms with Crippen LogP contribution in [0.5, 0.6) is 0 Å². The number of rotatable bonds is 30. The molecule has 0 spiro atoms. The molecule has 1 unspecified atom stereocenters. The summed E-state index contributed by atoms with van der Waals surface area (Å²) in [6.07, 6.45) is 13.7. The lowest BCUT2D eigenvalue weighted by Gasteiger charge is -2.35. The highest BCUT2D eigenvalue weighted by Crippen LogP contribution is 2.21. The monoisotopic (exact) mass is 555 g/mol. The maximum absolute atomic E-state index is 8.93. The van der Waals surface area contributed by atoms with Crippen molar-refractivity contribution in [3.8, 4) is 0 Å². The highest BCUT2D eigenvalue weighted by Gasteiger charge is 2.30. The molecule has 8 heteroatoms. The van der Waals surface area contributed by atoms with E-state index in [1.54, 1.807) is 0 Å². The Morgan fingerprint density at radius 2 is 1.13 bits per heavy atom. The van der Waals surface area contributed by atoms with E-state index < -0.39 is 5.72 Å². The van der Waals surface area contributed by atoms with Crippen LogP contribution in [-0.2, 0) is 30.2 Å². The van der Waals surface area contributed by atoms with Gasteiger partial charge in [0.1, 0.15) is 5.72 Å². The van der Waals surface area contributed by atoms with Crippen molar-refractivity contribution < 1.29 is 33.9 Å². The molecule has 0 aliphatic carbocycles. The largest absolute Gasteiger partial charge is 0.394 e. The highest BCUT2D eigenvalue weighted by atomic mass is 16.6. The van der Waals surface area contributed by atoms with Crippen LogP contribution in [0.2, 0.25) is 0 Å². The summed E-state index contributed by atoms with van der Waals surface area (Å²) in [4.78, 5) is 0. The fourth-order valence-electron chi connectivity index (χ4n) is 4.34. The van der Waals surface area contributed by atoms with Gasteiger partial charge in [-0.3, -0.25) is 5.32 Å². The van der Waals surface area contributed by atoms with E-state index >= 15 is 0 Å². The predicted octanol–water partition coefficient (Wildman–Crippen LogP) is 4.85. The number of ether oxygens (including phenoxy) is 5. The Bertz CT molecular complexity index is 622. The lowest BCUT2D eigenvalue weighted by Crippen LogP contribution is -2.52. The van der Waals surface area contributed by atoms with Crippen molar-refractivity contribution in [3.63, 3.8) is 0 Å². The van der Waals surface area contributed by atoms with Crippen LogP contribution in [0.25, 0.3) is 0 Å². The van der Waals surface area contributed by atoms with Crippen molar-refractivity contribution in [3.05, 3.63) is 35.9 Å². The third-order valence-corrected chi connectivity index (χ3v) is 6.55. The van der Waals surface area contributed by atoms with Gasteiger partial charge in [0.2, 0.25) is 0 Å². The smallest absolute Gasteiger partial charge is 0.143 e. The molecule has 228 valence electrons. The van der Waals surface area contributed by atoms with Crippen molar-refractivity contribution in [1.82, 2.24) is 5.32 Å². The fraction of sp³-hybridized carbons (Fsp3) is 0.806. The molecule has 0 heterocycles. The Morgan fingerprint density at radius 1 is 0.615 bits per heavy atom. The predicted molar refractivity (Wildman–Crippen MR) is 156 cm³/mol. The minimum Gasteiger partial charge on any atom is -0.394 e. The van der Waals surface area contributed by atoms with Gasteiger partial charge in [-0.25, -0.2) is 0 Å². The van der Waals surface area contributed by atoms with E-state index in [1.165, 1.54) is 63.4 Å². The minimum atomic E-state index is -0.635. The van der Waals surface area contributed by atoms with Crippen LogP contribution in [0.4, 0.5) is 0 Å². The summed E-state index contributed by atoms with van der Waals surface area (Å²) in [5, 5.41) is 21.4. The van der Waals surface area contributed by atoms with Gasteiger partial charge in [0.25, 0.3) is 0 Å². The summed E-state index contributed by atoms with van der Waals surface area (Å²) >= 11 is 0. The number of aliphatic hydroxyl groups excluding tert-OH is 2. The Morgan fingerprint density at radius 3 is 1.72 bits per heavy atom. The van der Waals surface area contributed by atoms with Crippen LogP contribution < -0.4 is 5.32 Å². The molecule has 0 aromatic heterocycles. The zero-order valence-corrected chi connectivity index (χ0v) is 24.6. The van der Waals surface area contributed by atoms with Crippen molar-refractivity contribution in [2.24, 2.45) is 0 Å². The summed E-state index contributed by atoms with van der Waals surface area (Å²) in [5.74, 6) is 0. The SMILES string of the molecule is CCCCCCCCCCCCC(COCCOCCO)(NCc1ccccc1)OCCOCCOCCO. The normalized spacial score (nSPS) is 13.1. The second-order valence-electron chi connectivity index (χ2n) is 9.95. The number of benzene rings is 1. The molecule has 1 aromatic carbocycles. The molecule has 0 amide bonds. The van der Waals surface area contributed by atoms with Crippen LogP contribution in [0.3, 0.4) is 0 Å². The van der Waals surface area contributed by atoms with Gasteiger partial charge in [0.05, 0.1) is 72.7 Å². The summed E-state index contributed by atoms with van der Waals surface area (Å²) in [7, 11) is 0. The summed E-state index contributed by atoms with van der Waals surface area (Å²) in [5.41, 5.74) is 0.557. The first kappa shape index (κ1) is 35.9. The van der Waals surface area contributed by atoms with Crippen molar-refractivity contribution in [1.29, 1.82) is 0 Å². The van der Waals surface area contributed by atoms with E-state index in [4.69, 9.17) is 33.9 Å². The van der Waals surface area contributed by atoms with Crippen LogP contribution in [0.1, 0.15) is 83.1 Å². The number of hydrogen-bond acceptors (Lipinski definition) is 8. The molecule has 0 saturated carbocycles. The quantitative estimate of drug-likeness (QED) is 0.0915. The molecule has 3 N–H and O–H groups in total. The van der Waals surface area contributed by atoms with E-state index in [2.05, 4.69) is 24.4 Å². The molecule has 0 fully saturated rings. The lowest BCUT2D eigenvalue weighted by atomic mass is 10.0. The van der Waals surface area contributed by atoms with Crippen LogP contribution in [-0.4, -0.2) is 88.6 Å². The molecule has 0 aliphatic rings. The van der Waals surface area contributed by atoms with Gasteiger partial charge in [-0.2, -0.15) is 0 Å². The zero-order chi connectivity index (χ0) is 28.1. The second-order valence-corrected chi connectivity index (χ2v) is 9.95. The van der Waals surface area contributed by atoms with Gasteiger partial charge >= 0.3 is 0 Å². The molecule has 0 saturated heterocycles. The van der Waals surface area contributed by atoms with Gasteiger partial charge in [0, 0.05) is 6.54 Å². The van der Waals surface area contributed by atoms with Crippen LogP contribution >= 0.6 is 0 Å². The zero-order valence-electron chi connectivity index (χ0n) is 24.6. The standard InChI is InChI=1S/C31H57NO7/c1-2-3-4-5-6-7-8-9-10-14-17-31(29-38-25-24-36-21-19-34,32-28-30-15-12-11-13-16-30)39-27-26-37-23-22-35-20-18-33/h11-13,15-16,32-34H,2-10,14,17-29H2,1H3. The first-order valence-electron chi connectivity index (χ1n) is 15.2. The molecule has 1 atom stereocenters. The number of nitrogens with one attached hydrogen (secondary N) is 1. The van der Waals surface area contributed by atoms with Crippen molar-refractivity contribution in [2.75, 3.05) is 72.7 Å². The van der Waals surface area contributed by atoms with Crippen molar-refractivity contribution >= 4 is 0 Å². The molecule has 0 aliphatic heterocycles. The molecule has 39 heavy (non-hydrogen) atoms. The van der Waals surface area contributed by atoms with Gasteiger partial charge in [0.15, 0.2) is 0 Å². The Kier molecular flexibility index (Phi) is 25.0. The van der Waals surface area contributed by atoms with E-state index in [0.717, 1.165) is 12.8 Å². The maximum atomic E-state index is 8.93. The fourth-order valence-corrected chi connectivity index (χ4v) is 4.34. The second kappa shape index (κ2) is 27.1. The topological polar surface area (TPSA) is 98.6 Å². The Labute approximate surface area is 237 Å². The van der Waals surface area contributed by atoms with E-state index in [-0.39, 0.29) is 13.2 Å². The third kappa shape index (κ3) is 21.3. The first-order chi connectivity index (χ1) is 19.3.